The maximum Gasteiger partial charge on any atom is 0.246 e. The van der Waals surface area contributed by atoms with E-state index in [9.17, 15) is 16.8 Å². The lowest BCUT2D eigenvalue weighted by Gasteiger charge is -2.21. The topological polar surface area (TPSA) is 80.8 Å². The summed E-state index contributed by atoms with van der Waals surface area (Å²) >= 11 is 5.97. The van der Waals surface area contributed by atoms with Crippen LogP contribution in [0.25, 0.3) is 0 Å². The van der Waals surface area contributed by atoms with E-state index in [4.69, 9.17) is 16.3 Å². The molecule has 9 heteroatoms. The Bertz CT molecular complexity index is 1020. The van der Waals surface area contributed by atoms with Crippen LogP contribution in [0.1, 0.15) is 17.2 Å². The summed E-state index contributed by atoms with van der Waals surface area (Å²) in [7, 11) is -6.05. The zero-order valence-corrected chi connectivity index (χ0v) is 17.1. The first-order valence-corrected chi connectivity index (χ1v) is 11.9. The van der Waals surface area contributed by atoms with Crippen LogP contribution in [0.5, 0.6) is 5.75 Å². The molecule has 1 aliphatic heterocycles. The number of ether oxygens (including phenoxy) is 1. The fourth-order valence-electron chi connectivity index (χ4n) is 3.20. The minimum absolute atomic E-state index is 0.0620. The van der Waals surface area contributed by atoms with Gasteiger partial charge in [0.2, 0.25) is 10.0 Å². The third kappa shape index (κ3) is 4.13. The first-order chi connectivity index (χ1) is 12.8. The standard InChI is InChI=1S/C18H20ClNO5S2/c1-25-16-8-7-15(19)13-18(16)27(23,24)20-10-9-17(26(21,22)12-11-20)14-5-3-2-4-6-14/h2-8,13,17H,9-12H2,1H3. The summed E-state index contributed by atoms with van der Waals surface area (Å²) < 4.78 is 58.0. The molecule has 0 saturated carbocycles. The van der Waals surface area contributed by atoms with Gasteiger partial charge in [-0.25, -0.2) is 16.8 Å². The van der Waals surface area contributed by atoms with E-state index in [2.05, 4.69) is 0 Å². The van der Waals surface area contributed by atoms with Gasteiger partial charge in [-0.15, -0.1) is 0 Å². The quantitative estimate of drug-likeness (QED) is 0.746. The lowest BCUT2D eigenvalue weighted by Crippen LogP contribution is -2.33. The number of nitrogens with zero attached hydrogens (tertiary/aromatic N) is 1. The second-order valence-electron chi connectivity index (χ2n) is 6.25. The van der Waals surface area contributed by atoms with Gasteiger partial charge in [0.15, 0.2) is 9.84 Å². The predicted octanol–water partition coefficient (Wildman–Crippen LogP) is 2.90. The SMILES string of the molecule is COc1ccc(Cl)cc1S(=O)(=O)N1CCC(c2ccccc2)S(=O)(=O)CC1. The number of hydrogen-bond acceptors (Lipinski definition) is 5. The highest BCUT2D eigenvalue weighted by Crippen LogP contribution is 2.34. The molecule has 3 rings (SSSR count). The zero-order chi connectivity index (χ0) is 19.7. The molecule has 146 valence electrons. The van der Waals surface area contributed by atoms with E-state index >= 15 is 0 Å². The number of sulfonamides is 1. The van der Waals surface area contributed by atoms with Crippen molar-refractivity contribution >= 4 is 31.5 Å². The zero-order valence-electron chi connectivity index (χ0n) is 14.7. The van der Waals surface area contributed by atoms with E-state index in [0.717, 1.165) is 0 Å². The highest BCUT2D eigenvalue weighted by molar-refractivity contribution is 7.92. The second kappa shape index (κ2) is 7.79. The Morgan fingerprint density at radius 2 is 1.81 bits per heavy atom. The molecule has 27 heavy (non-hydrogen) atoms. The monoisotopic (exact) mass is 429 g/mol. The third-order valence-corrected chi connectivity index (χ3v) is 8.90. The van der Waals surface area contributed by atoms with E-state index in [-0.39, 0.29) is 40.9 Å². The van der Waals surface area contributed by atoms with Crippen molar-refractivity contribution in [3.05, 3.63) is 59.1 Å². The summed E-state index contributed by atoms with van der Waals surface area (Å²) in [6.07, 6.45) is 0.189. The third-order valence-electron chi connectivity index (χ3n) is 4.61. The van der Waals surface area contributed by atoms with Crippen LogP contribution in [-0.4, -0.2) is 47.1 Å². The Hall–Kier alpha value is -1.61. The van der Waals surface area contributed by atoms with Crippen LogP contribution < -0.4 is 4.74 Å². The fourth-order valence-corrected chi connectivity index (χ4v) is 6.98. The van der Waals surface area contributed by atoms with Gasteiger partial charge in [-0.2, -0.15) is 4.31 Å². The molecule has 1 saturated heterocycles. The lowest BCUT2D eigenvalue weighted by molar-refractivity contribution is 0.393. The van der Waals surface area contributed by atoms with E-state index in [1.807, 2.05) is 6.07 Å². The van der Waals surface area contributed by atoms with Gasteiger partial charge in [0.25, 0.3) is 0 Å². The molecular weight excluding hydrogens is 410 g/mol. The number of sulfone groups is 1. The molecule has 1 unspecified atom stereocenters. The molecule has 1 fully saturated rings. The Morgan fingerprint density at radius 3 is 2.48 bits per heavy atom. The Kier molecular flexibility index (Phi) is 5.81. The minimum Gasteiger partial charge on any atom is -0.495 e. The normalized spacial score (nSPS) is 20.7. The maximum absolute atomic E-state index is 13.1. The summed E-state index contributed by atoms with van der Waals surface area (Å²) in [5.41, 5.74) is 0.678. The van der Waals surface area contributed by atoms with Gasteiger partial charge in [-0.1, -0.05) is 41.9 Å². The number of hydrogen-bond donors (Lipinski definition) is 0. The van der Waals surface area contributed by atoms with Crippen molar-refractivity contribution in [1.82, 2.24) is 4.31 Å². The molecule has 6 nitrogen and oxygen atoms in total. The number of halogens is 1. The Balaban J connectivity index is 1.95. The molecule has 0 aliphatic carbocycles. The van der Waals surface area contributed by atoms with Crippen molar-refractivity contribution in [3.8, 4) is 5.75 Å². The van der Waals surface area contributed by atoms with E-state index in [1.165, 1.54) is 29.6 Å². The van der Waals surface area contributed by atoms with E-state index < -0.39 is 25.1 Å². The van der Waals surface area contributed by atoms with Gasteiger partial charge in [-0.3, -0.25) is 0 Å². The van der Waals surface area contributed by atoms with Gasteiger partial charge in [0.05, 0.1) is 18.1 Å². The highest BCUT2D eigenvalue weighted by Gasteiger charge is 2.36. The largest absolute Gasteiger partial charge is 0.495 e. The van der Waals surface area contributed by atoms with E-state index in [0.29, 0.717) is 5.56 Å². The van der Waals surface area contributed by atoms with Crippen LogP contribution in [-0.2, 0) is 19.9 Å². The van der Waals surface area contributed by atoms with Crippen molar-refractivity contribution in [1.29, 1.82) is 0 Å². The molecule has 1 heterocycles. The number of benzene rings is 2. The molecule has 0 N–H and O–H groups in total. The summed E-state index contributed by atoms with van der Waals surface area (Å²) in [4.78, 5) is -0.0620. The van der Waals surface area contributed by atoms with Gasteiger partial charge in [-0.05, 0) is 30.2 Å². The fraction of sp³-hybridized carbons (Fsp3) is 0.333. The van der Waals surface area contributed by atoms with Crippen molar-refractivity contribution < 1.29 is 21.6 Å². The average molecular weight is 430 g/mol. The number of rotatable bonds is 4. The smallest absolute Gasteiger partial charge is 0.246 e. The maximum atomic E-state index is 13.1. The second-order valence-corrected chi connectivity index (χ2v) is 10.9. The molecule has 0 amide bonds. The van der Waals surface area contributed by atoms with Crippen LogP contribution in [0.3, 0.4) is 0 Å². The first-order valence-electron chi connectivity index (χ1n) is 8.36. The predicted molar refractivity (Wildman–Crippen MR) is 104 cm³/mol. The molecule has 0 bridgehead atoms. The summed E-state index contributed by atoms with van der Waals surface area (Å²) in [6.45, 7) is -0.0134. The van der Waals surface area contributed by atoms with Crippen molar-refractivity contribution in [2.24, 2.45) is 0 Å². The van der Waals surface area contributed by atoms with Crippen molar-refractivity contribution in [2.45, 2.75) is 16.6 Å². The van der Waals surface area contributed by atoms with Gasteiger partial charge >= 0.3 is 0 Å². The van der Waals surface area contributed by atoms with E-state index in [1.54, 1.807) is 24.3 Å². The van der Waals surface area contributed by atoms with Crippen molar-refractivity contribution in [3.63, 3.8) is 0 Å². The van der Waals surface area contributed by atoms with Gasteiger partial charge < -0.3 is 4.74 Å². The molecule has 1 aliphatic rings. The van der Waals surface area contributed by atoms with Gasteiger partial charge in [0, 0.05) is 18.1 Å². The molecule has 0 radical (unpaired) electrons. The first kappa shape index (κ1) is 20.1. The van der Waals surface area contributed by atoms with Crippen molar-refractivity contribution in [2.75, 3.05) is 26.0 Å². The highest BCUT2D eigenvalue weighted by atomic mass is 35.5. The summed E-state index contributed by atoms with van der Waals surface area (Å²) in [5.74, 6) is -0.0691. The summed E-state index contributed by atoms with van der Waals surface area (Å²) in [6, 6.07) is 13.2. The Morgan fingerprint density at radius 1 is 1.11 bits per heavy atom. The van der Waals surface area contributed by atoms with Crippen LogP contribution in [0.2, 0.25) is 5.02 Å². The number of methoxy groups -OCH3 is 1. The lowest BCUT2D eigenvalue weighted by atomic mass is 10.1. The Labute approximate surface area is 164 Å². The minimum atomic E-state index is -3.95. The molecule has 1 atom stereocenters. The molecular formula is C18H20ClNO5S2. The van der Waals surface area contributed by atoms with Crippen LogP contribution >= 0.6 is 11.6 Å². The average Bonchev–Trinajstić information content (AvgIpc) is 2.80. The molecule has 0 spiro atoms. The van der Waals surface area contributed by atoms with Crippen LogP contribution in [0.4, 0.5) is 0 Å². The molecule has 2 aromatic carbocycles. The summed E-state index contributed by atoms with van der Waals surface area (Å²) in [5, 5.41) is -0.459. The van der Waals surface area contributed by atoms with Gasteiger partial charge in [0.1, 0.15) is 10.6 Å². The van der Waals surface area contributed by atoms with Crippen LogP contribution in [0, 0.1) is 0 Å². The molecule has 0 aromatic heterocycles. The molecule has 2 aromatic rings. The van der Waals surface area contributed by atoms with Crippen LogP contribution in [0.15, 0.2) is 53.4 Å².